The molecular formula is C10H7BrNS. The molecule has 1 heterocycles. The number of nitrogens with zero attached hydrogens (tertiary/aromatic N) is 1. The van der Waals surface area contributed by atoms with Gasteiger partial charge in [0, 0.05) is 21.1 Å². The van der Waals surface area contributed by atoms with Crippen LogP contribution in [0.15, 0.2) is 34.9 Å². The van der Waals surface area contributed by atoms with Crippen LogP contribution in [0.2, 0.25) is 0 Å². The largest absolute Gasteiger partial charge is 0.244 e. The second-order valence-corrected chi connectivity index (χ2v) is 4.58. The first-order valence-electron chi connectivity index (χ1n) is 3.80. The molecule has 13 heavy (non-hydrogen) atoms. The third kappa shape index (κ3) is 1.81. The molecule has 1 aromatic carbocycles. The van der Waals surface area contributed by atoms with Crippen molar-refractivity contribution in [3.8, 4) is 10.6 Å². The van der Waals surface area contributed by atoms with Gasteiger partial charge in [0.15, 0.2) is 0 Å². The average molecular weight is 253 g/mol. The van der Waals surface area contributed by atoms with Crippen LogP contribution in [0.3, 0.4) is 0 Å². The van der Waals surface area contributed by atoms with Crippen LogP contribution in [-0.2, 0) is 0 Å². The van der Waals surface area contributed by atoms with Crippen molar-refractivity contribution in [1.82, 2.24) is 4.98 Å². The molecule has 0 spiro atoms. The zero-order valence-corrected chi connectivity index (χ0v) is 9.23. The van der Waals surface area contributed by atoms with E-state index in [4.69, 9.17) is 0 Å². The van der Waals surface area contributed by atoms with Crippen molar-refractivity contribution in [3.05, 3.63) is 46.7 Å². The number of thiazole rings is 1. The Balaban J connectivity index is 2.52. The Morgan fingerprint density at radius 2 is 2.08 bits per heavy atom. The van der Waals surface area contributed by atoms with Crippen LogP contribution in [0.4, 0.5) is 0 Å². The van der Waals surface area contributed by atoms with E-state index in [0.717, 1.165) is 19.9 Å². The van der Waals surface area contributed by atoms with Crippen molar-refractivity contribution >= 4 is 27.3 Å². The lowest BCUT2D eigenvalue weighted by atomic mass is 10.2. The molecule has 3 heteroatoms. The van der Waals surface area contributed by atoms with Crippen LogP contribution in [-0.4, -0.2) is 4.98 Å². The summed E-state index contributed by atoms with van der Waals surface area (Å²) >= 11 is 5.09. The van der Waals surface area contributed by atoms with Crippen LogP contribution in [0, 0.1) is 6.92 Å². The van der Waals surface area contributed by atoms with Gasteiger partial charge in [0.05, 0.1) is 0 Å². The van der Waals surface area contributed by atoms with Gasteiger partial charge in [-0.3, -0.25) is 0 Å². The minimum absolute atomic E-state index is 0.991. The van der Waals surface area contributed by atoms with Crippen LogP contribution in [0.25, 0.3) is 10.6 Å². The second kappa shape index (κ2) is 3.60. The van der Waals surface area contributed by atoms with Gasteiger partial charge >= 0.3 is 0 Å². The van der Waals surface area contributed by atoms with Gasteiger partial charge in [-0.2, -0.15) is 0 Å². The Hall–Kier alpha value is -0.670. The SMILES string of the molecule is [CH2]c1cnc(-c2ccccc2Br)s1. The van der Waals surface area contributed by atoms with E-state index < -0.39 is 0 Å². The number of halogens is 1. The van der Waals surface area contributed by atoms with E-state index in [1.165, 1.54) is 0 Å². The minimum Gasteiger partial charge on any atom is -0.244 e. The first-order chi connectivity index (χ1) is 6.27. The molecule has 0 atom stereocenters. The molecule has 0 aliphatic rings. The maximum Gasteiger partial charge on any atom is 0.124 e. The molecule has 1 nitrogen and oxygen atoms in total. The van der Waals surface area contributed by atoms with Gasteiger partial charge in [0.1, 0.15) is 5.01 Å². The van der Waals surface area contributed by atoms with Crippen molar-refractivity contribution in [1.29, 1.82) is 0 Å². The van der Waals surface area contributed by atoms with E-state index in [9.17, 15) is 0 Å². The maximum atomic E-state index is 4.27. The van der Waals surface area contributed by atoms with E-state index in [1.54, 1.807) is 17.5 Å². The summed E-state index contributed by atoms with van der Waals surface area (Å²) in [5.74, 6) is 0. The molecule has 2 rings (SSSR count). The standard InChI is InChI=1S/C10H7BrNS/c1-7-6-12-10(13-7)8-4-2-3-5-9(8)11/h2-6H,1H2. The fourth-order valence-corrected chi connectivity index (χ4v) is 2.42. The third-order valence-electron chi connectivity index (χ3n) is 1.66. The fourth-order valence-electron chi connectivity index (χ4n) is 1.07. The lowest BCUT2D eigenvalue weighted by Gasteiger charge is -1.97. The predicted octanol–water partition coefficient (Wildman–Crippen LogP) is 3.75. The summed E-state index contributed by atoms with van der Waals surface area (Å²) in [5.41, 5.74) is 1.13. The lowest BCUT2D eigenvalue weighted by molar-refractivity contribution is 1.40. The fraction of sp³-hybridized carbons (Fsp3) is 0. The summed E-state index contributed by atoms with van der Waals surface area (Å²) in [6.07, 6.45) is 1.79. The first kappa shape index (κ1) is 8.91. The minimum atomic E-state index is 0.991. The van der Waals surface area contributed by atoms with E-state index in [1.807, 2.05) is 24.3 Å². The lowest BCUT2D eigenvalue weighted by Crippen LogP contribution is -1.75. The Labute approximate surface area is 89.6 Å². The van der Waals surface area contributed by atoms with Gasteiger partial charge in [-0.25, -0.2) is 4.98 Å². The Kier molecular flexibility index (Phi) is 2.47. The van der Waals surface area contributed by atoms with Crippen LogP contribution in [0.5, 0.6) is 0 Å². The second-order valence-electron chi connectivity index (χ2n) is 2.61. The first-order valence-corrected chi connectivity index (χ1v) is 5.41. The zero-order chi connectivity index (χ0) is 9.26. The Morgan fingerprint density at radius 1 is 1.31 bits per heavy atom. The number of rotatable bonds is 1. The van der Waals surface area contributed by atoms with Gasteiger partial charge in [-0.05, 0) is 13.0 Å². The van der Waals surface area contributed by atoms with Crippen LogP contribution in [0.1, 0.15) is 4.88 Å². The molecule has 65 valence electrons. The molecule has 0 bridgehead atoms. The molecule has 1 aromatic heterocycles. The average Bonchev–Trinajstić information content (AvgIpc) is 2.53. The molecule has 1 radical (unpaired) electrons. The van der Waals surface area contributed by atoms with Gasteiger partial charge < -0.3 is 0 Å². The van der Waals surface area contributed by atoms with Crippen molar-refractivity contribution < 1.29 is 0 Å². The van der Waals surface area contributed by atoms with Gasteiger partial charge in [0.2, 0.25) is 0 Å². The zero-order valence-electron chi connectivity index (χ0n) is 6.83. The number of hydrogen-bond acceptors (Lipinski definition) is 2. The van der Waals surface area contributed by atoms with E-state index in [-0.39, 0.29) is 0 Å². The molecule has 0 unspecified atom stereocenters. The molecule has 0 saturated carbocycles. The van der Waals surface area contributed by atoms with Crippen molar-refractivity contribution in [2.75, 3.05) is 0 Å². The van der Waals surface area contributed by atoms with Gasteiger partial charge in [-0.1, -0.05) is 34.1 Å². The molecule has 0 saturated heterocycles. The smallest absolute Gasteiger partial charge is 0.124 e. The van der Waals surface area contributed by atoms with E-state index in [0.29, 0.717) is 0 Å². The molecule has 0 amide bonds. The monoisotopic (exact) mass is 252 g/mol. The molecule has 0 N–H and O–H groups in total. The van der Waals surface area contributed by atoms with Crippen LogP contribution >= 0.6 is 27.3 Å². The van der Waals surface area contributed by atoms with Gasteiger partial charge in [0.25, 0.3) is 0 Å². The molecule has 0 fully saturated rings. The number of aromatic nitrogens is 1. The van der Waals surface area contributed by atoms with E-state index >= 15 is 0 Å². The molecule has 0 aliphatic heterocycles. The Bertz CT molecular complexity index is 422. The summed E-state index contributed by atoms with van der Waals surface area (Å²) in [7, 11) is 0. The quantitative estimate of drug-likeness (QED) is 0.754. The van der Waals surface area contributed by atoms with Gasteiger partial charge in [-0.15, -0.1) is 11.3 Å². The summed E-state index contributed by atoms with van der Waals surface area (Å²) in [6, 6.07) is 8.05. The highest BCUT2D eigenvalue weighted by Crippen LogP contribution is 2.30. The van der Waals surface area contributed by atoms with Crippen molar-refractivity contribution in [3.63, 3.8) is 0 Å². The van der Waals surface area contributed by atoms with Crippen molar-refractivity contribution in [2.45, 2.75) is 0 Å². The van der Waals surface area contributed by atoms with Crippen LogP contribution < -0.4 is 0 Å². The number of benzene rings is 1. The van der Waals surface area contributed by atoms with E-state index in [2.05, 4.69) is 27.8 Å². The number of hydrogen-bond donors (Lipinski definition) is 0. The predicted molar refractivity (Wildman–Crippen MR) is 59.7 cm³/mol. The normalized spacial score (nSPS) is 10.3. The highest BCUT2D eigenvalue weighted by molar-refractivity contribution is 9.10. The summed E-state index contributed by atoms with van der Waals surface area (Å²) in [5, 5.41) is 1.01. The summed E-state index contributed by atoms with van der Waals surface area (Å²) in [6.45, 7) is 3.84. The summed E-state index contributed by atoms with van der Waals surface area (Å²) < 4.78 is 1.07. The topological polar surface area (TPSA) is 12.9 Å². The summed E-state index contributed by atoms with van der Waals surface area (Å²) in [4.78, 5) is 5.26. The molecule has 0 aliphatic carbocycles. The maximum absolute atomic E-state index is 4.27. The highest BCUT2D eigenvalue weighted by Gasteiger charge is 2.04. The van der Waals surface area contributed by atoms with Crippen molar-refractivity contribution in [2.24, 2.45) is 0 Å². The highest BCUT2D eigenvalue weighted by atomic mass is 79.9. The third-order valence-corrected chi connectivity index (χ3v) is 3.24. The Morgan fingerprint density at radius 3 is 2.69 bits per heavy atom. The molecule has 2 aromatic rings. The molecular weight excluding hydrogens is 246 g/mol.